The van der Waals surface area contributed by atoms with E-state index in [1.807, 2.05) is 45.0 Å². The van der Waals surface area contributed by atoms with Gasteiger partial charge in [-0.15, -0.1) is 5.10 Å². The molecule has 0 saturated carbocycles. The van der Waals surface area contributed by atoms with Gasteiger partial charge in [-0.2, -0.15) is 0 Å². The van der Waals surface area contributed by atoms with E-state index in [2.05, 4.69) is 14.6 Å². The zero-order chi connectivity index (χ0) is 15.0. The van der Waals surface area contributed by atoms with Gasteiger partial charge in [0.25, 0.3) is 0 Å². The normalized spacial score (nSPS) is 11.8. The van der Waals surface area contributed by atoms with Crippen molar-refractivity contribution in [2.45, 2.75) is 26.2 Å². The number of carbonyl (C=O) groups is 1. The molecule has 0 N–H and O–H groups in total. The van der Waals surface area contributed by atoms with Crippen molar-refractivity contribution in [1.82, 2.24) is 14.6 Å². The first-order chi connectivity index (χ1) is 9.98. The number of aromatic nitrogens is 3. The molecule has 0 fully saturated rings. The number of ketones is 1. The number of hydrogen-bond acceptors (Lipinski definition) is 5. The molecular formula is C16H15N3OS. The lowest BCUT2D eigenvalue weighted by Gasteiger charge is -2.16. The van der Waals surface area contributed by atoms with Crippen LogP contribution in [-0.2, 0) is 5.41 Å². The van der Waals surface area contributed by atoms with E-state index in [9.17, 15) is 4.79 Å². The highest BCUT2D eigenvalue weighted by Crippen LogP contribution is 2.29. The molecule has 0 unspecified atom stereocenters. The van der Waals surface area contributed by atoms with Crippen LogP contribution in [0.3, 0.4) is 0 Å². The summed E-state index contributed by atoms with van der Waals surface area (Å²) in [5.74, 6) is -0.0563. The standard InChI is InChI=1S/C16H15N3OS/c1-16(2,3)15-14(21-19-18-15)13(20)12-9-17-8-10-6-4-5-7-11(10)12/h4-9H,1-3H3. The quantitative estimate of drug-likeness (QED) is 0.678. The molecule has 0 aliphatic heterocycles. The van der Waals surface area contributed by atoms with E-state index in [-0.39, 0.29) is 11.2 Å². The van der Waals surface area contributed by atoms with Crippen molar-refractivity contribution in [3.05, 3.63) is 52.8 Å². The van der Waals surface area contributed by atoms with Crippen molar-refractivity contribution in [1.29, 1.82) is 0 Å². The van der Waals surface area contributed by atoms with Gasteiger partial charge in [-0.05, 0) is 16.9 Å². The molecule has 0 amide bonds. The second-order valence-corrected chi connectivity index (χ2v) is 6.69. The number of benzene rings is 1. The number of hydrogen-bond donors (Lipinski definition) is 0. The fourth-order valence-electron chi connectivity index (χ4n) is 2.25. The van der Waals surface area contributed by atoms with E-state index in [1.165, 1.54) is 0 Å². The van der Waals surface area contributed by atoms with Crippen LogP contribution in [0, 0.1) is 0 Å². The lowest BCUT2D eigenvalue weighted by atomic mass is 9.89. The fraction of sp³-hybridized carbons (Fsp3) is 0.250. The van der Waals surface area contributed by atoms with Crippen molar-refractivity contribution in [2.75, 3.05) is 0 Å². The van der Waals surface area contributed by atoms with Crippen LogP contribution in [0.2, 0.25) is 0 Å². The van der Waals surface area contributed by atoms with Gasteiger partial charge in [0.1, 0.15) is 4.88 Å². The summed E-state index contributed by atoms with van der Waals surface area (Å²) in [5.41, 5.74) is 1.13. The van der Waals surface area contributed by atoms with Gasteiger partial charge >= 0.3 is 0 Å². The predicted molar refractivity (Wildman–Crippen MR) is 83.8 cm³/mol. The van der Waals surface area contributed by atoms with Crippen LogP contribution >= 0.6 is 11.5 Å². The van der Waals surface area contributed by atoms with Gasteiger partial charge in [0.2, 0.25) is 5.78 Å². The average molecular weight is 297 g/mol. The molecule has 2 heterocycles. The maximum absolute atomic E-state index is 12.9. The van der Waals surface area contributed by atoms with Gasteiger partial charge in [0.05, 0.1) is 5.69 Å². The van der Waals surface area contributed by atoms with Gasteiger partial charge in [-0.1, -0.05) is 49.5 Å². The predicted octanol–water partition coefficient (Wildman–Crippen LogP) is 3.61. The van der Waals surface area contributed by atoms with Crippen molar-refractivity contribution in [2.24, 2.45) is 0 Å². The van der Waals surface area contributed by atoms with Crippen LogP contribution in [-0.4, -0.2) is 20.4 Å². The minimum absolute atomic E-state index is 0.0563. The molecule has 3 rings (SSSR count). The minimum Gasteiger partial charge on any atom is -0.287 e. The summed E-state index contributed by atoms with van der Waals surface area (Å²) in [6.07, 6.45) is 3.39. The Balaban J connectivity index is 2.16. The molecule has 0 bridgehead atoms. The number of fused-ring (bicyclic) bond motifs is 1. The zero-order valence-electron chi connectivity index (χ0n) is 12.1. The Labute approximate surface area is 127 Å². The Kier molecular flexibility index (Phi) is 3.29. The molecule has 5 heteroatoms. The average Bonchev–Trinajstić information content (AvgIpc) is 2.95. The van der Waals surface area contributed by atoms with E-state index in [4.69, 9.17) is 0 Å². The first-order valence-corrected chi connectivity index (χ1v) is 7.46. The fourth-order valence-corrected chi connectivity index (χ4v) is 3.08. The number of carbonyl (C=O) groups excluding carboxylic acids is 1. The van der Waals surface area contributed by atoms with Crippen LogP contribution in [0.5, 0.6) is 0 Å². The Bertz CT molecular complexity index is 812. The first kappa shape index (κ1) is 13.8. The molecule has 2 aromatic heterocycles. The monoisotopic (exact) mass is 297 g/mol. The van der Waals surface area contributed by atoms with Gasteiger partial charge in [-0.3, -0.25) is 9.78 Å². The lowest BCUT2D eigenvalue weighted by Crippen LogP contribution is -2.17. The van der Waals surface area contributed by atoms with Crippen molar-refractivity contribution in [3.8, 4) is 0 Å². The zero-order valence-corrected chi connectivity index (χ0v) is 12.9. The lowest BCUT2D eigenvalue weighted by molar-refractivity contribution is 0.104. The highest BCUT2D eigenvalue weighted by atomic mass is 32.1. The molecule has 21 heavy (non-hydrogen) atoms. The van der Waals surface area contributed by atoms with Gasteiger partial charge in [0, 0.05) is 28.8 Å². The van der Waals surface area contributed by atoms with Crippen LogP contribution in [0.4, 0.5) is 0 Å². The van der Waals surface area contributed by atoms with Gasteiger partial charge in [-0.25, -0.2) is 0 Å². The Morgan fingerprint density at radius 2 is 1.90 bits per heavy atom. The largest absolute Gasteiger partial charge is 0.287 e. The molecule has 3 aromatic rings. The maximum atomic E-state index is 12.9. The SMILES string of the molecule is CC(C)(C)c1nnsc1C(=O)c1cncc2ccccc12. The molecule has 0 saturated heterocycles. The summed E-state index contributed by atoms with van der Waals surface area (Å²) in [5, 5.41) is 6.01. The topological polar surface area (TPSA) is 55.7 Å². The van der Waals surface area contributed by atoms with Crippen LogP contribution in [0.1, 0.15) is 41.7 Å². The summed E-state index contributed by atoms with van der Waals surface area (Å²) in [4.78, 5) is 17.7. The van der Waals surface area contributed by atoms with E-state index >= 15 is 0 Å². The van der Waals surface area contributed by atoms with E-state index in [0.717, 1.165) is 28.0 Å². The third kappa shape index (κ3) is 2.45. The van der Waals surface area contributed by atoms with Gasteiger partial charge < -0.3 is 0 Å². The van der Waals surface area contributed by atoms with Gasteiger partial charge in [0.15, 0.2) is 0 Å². The molecule has 1 aromatic carbocycles. The van der Waals surface area contributed by atoms with Crippen LogP contribution < -0.4 is 0 Å². The second kappa shape index (κ2) is 5.00. The Hall–Kier alpha value is -2.14. The smallest absolute Gasteiger partial charge is 0.208 e. The minimum atomic E-state index is -0.212. The summed E-state index contributed by atoms with van der Waals surface area (Å²) in [6.45, 7) is 6.09. The van der Waals surface area contributed by atoms with Crippen molar-refractivity contribution < 1.29 is 4.79 Å². The highest BCUT2D eigenvalue weighted by molar-refractivity contribution is 7.08. The van der Waals surface area contributed by atoms with E-state index < -0.39 is 0 Å². The molecule has 0 radical (unpaired) electrons. The molecule has 0 aliphatic rings. The molecular weight excluding hydrogens is 282 g/mol. The number of pyridine rings is 1. The van der Waals surface area contributed by atoms with E-state index in [1.54, 1.807) is 12.4 Å². The summed E-state index contributed by atoms with van der Waals surface area (Å²) in [6, 6.07) is 7.76. The maximum Gasteiger partial charge on any atom is 0.208 e. The van der Waals surface area contributed by atoms with Crippen molar-refractivity contribution >= 4 is 28.1 Å². The molecule has 0 atom stereocenters. The molecule has 4 nitrogen and oxygen atoms in total. The van der Waals surface area contributed by atoms with Crippen molar-refractivity contribution in [3.63, 3.8) is 0 Å². The van der Waals surface area contributed by atoms with Crippen LogP contribution in [0.25, 0.3) is 10.8 Å². The highest BCUT2D eigenvalue weighted by Gasteiger charge is 2.27. The number of rotatable bonds is 2. The second-order valence-electron chi connectivity index (χ2n) is 5.94. The molecule has 0 spiro atoms. The summed E-state index contributed by atoms with van der Waals surface area (Å²) >= 11 is 1.15. The van der Waals surface area contributed by atoms with E-state index in [0.29, 0.717) is 10.4 Å². The summed E-state index contributed by atoms with van der Waals surface area (Å²) < 4.78 is 3.97. The molecule has 0 aliphatic carbocycles. The molecule has 106 valence electrons. The number of nitrogens with zero attached hydrogens (tertiary/aromatic N) is 3. The Morgan fingerprint density at radius 3 is 2.67 bits per heavy atom. The first-order valence-electron chi connectivity index (χ1n) is 6.69. The Morgan fingerprint density at radius 1 is 1.14 bits per heavy atom. The summed E-state index contributed by atoms with van der Waals surface area (Å²) in [7, 11) is 0. The third-order valence-corrected chi connectivity index (χ3v) is 4.04. The van der Waals surface area contributed by atoms with Crippen LogP contribution in [0.15, 0.2) is 36.7 Å². The third-order valence-electron chi connectivity index (χ3n) is 3.32.